The standard InChI is InChI=1S/C15H27N3O2S/c1-15(2,12-18(3)4)11-17-21(19,20)10-14-7-5-13(9-16)6-8-14/h5-8,17H,9-12,16H2,1-4H3. The van der Waals surface area contributed by atoms with Gasteiger partial charge in [0.2, 0.25) is 10.0 Å². The summed E-state index contributed by atoms with van der Waals surface area (Å²) in [5, 5.41) is 0. The maximum Gasteiger partial charge on any atom is 0.215 e. The number of nitrogens with zero attached hydrogens (tertiary/aromatic N) is 1. The van der Waals surface area contributed by atoms with Crippen LogP contribution in [0, 0.1) is 5.41 Å². The molecule has 3 N–H and O–H groups in total. The van der Waals surface area contributed by atoms with Crippen LogP contribution >= 0.6 is 0 Å². The molecule has 0 aliphatic carbocycles. The molecule has 0 amide bonds. The average molecular weight is 313 g/mol. The first kappa shape index (κ1) is 18.1. The summed E-state index contributed by atoms with van der Waals surface area (Å²) in [6, 6.07) is 7.35. The van der Waals surface area contributed by atoms with Gasteiger partial charge in [0.05, 0.1) is 5.75 Å². The molecule has 0 saturated heterocycles. The van der Waals surface area contributed by atoms with Crippen LogP contribution in [0.2, 0.25) is 0 Å². The highest BCUT2D eigenvalue weighted by Crippen LogP contribution is 2.15. The lowest BCUT2D eigenvalue weighted by Crippen LogP contribution is -2.40. The fourth-order valence-corrected chi connectivity index (χ4v) is 3.60. The zero-order valence-electron chi connectivity index (χ0n) is 13.4. The van der Waals surface area contributed by atoms with Gasteiger partial charge in [-0.1, -0.05) is 38.1 Å². The van der Waals surface area contributed by atoms with Crippen LogP contribution in [0.25, 0.3) is 0 Å². The van der Waals surface area contributed by atoms with Gasteiger partial charge in [-0.05, 0) is 30.6 Å². The highest BCUT2D eigenvalue weighted by atomic mass is 32.2. The minimum Gasteiger partial charge on any atom is -0.326 e. The molecule has 0 aliphatic heterocycles. The van der Waals surface area contributed by atoms with Crippen LogP contribution in [0.15, 0.2) is 24.3 Å². The predicted octanol–water partition coefficient (Wildman–Crippen LogP) is 1.15. The van der Waals surface area contributed by atoms with Crippen LogP contribution in [0.5, 0.6) is 0 Å². The van der Waals surface area contributed by atoms with E-state index in [1.54, 1.807) is 0 Å². The van der Waals surface area contributed by atoms with E-state index in [0.717, 1.165) is 17.7 Å². The molecule has 6 heteroatoms. The van der Waals surface area contributed by atoms with E-state index in [1.807, 2.05) is 52.2 Å². The van der Waals surface area contributed by atoms with Crippen molar-refractivity contribution >= 4 is 10.0 Å². The van der Waals surface area contributed by atoms with Crippen LogP contribution in [-0.4, -0.2) is 40.5 Å². The Hall–Kier alpha value is -0.950. The summed E-state index contributed by atoms with van der Waals surface area (Å²) < 4.78 is 27.0. The monoisotopic (exact) mass is 313 g/mol. The summed E-state index contributed by atoms with van der Waals surface area (Å²) in [5.74, 6) is -0.00407. The van der Waals surface area contributed by atoms with Crippen LogP contribution in [0.1, 0.15) is 25.0 Å². The van der Waals surface area contributed by atoms with E-state index < -0.39 is 10.0 Å². The molecule has 0 fully saturated rings. The zero-order chi connectivity index (χ0) is 16.1. The fraction of sp³-hybridized carbons (Fsp3) is 0.600. The predicted molar refractivity (Wildman–Crippen MR) is 87.3 cm³/mol. The Morgan fingerprint density at radius 3 is 2.14 bits per heavy atom. The maximum atomic E-state index is 12.1. The quantitative estimate of drug-likeness (QED) is 0.755. The first-order valence-corrected chi connectivity index (χ1v) is 8.69. The molecule has 5 nitrogen and oxygen atoms in total. The Kier molecular flexibility index (Phi) is 6.34. The van der Waals surface area contributed by atoms with Gasteiger partial charge in [-0.25, -0.2) is 13.1 Å². The first-order chi connectivity index (χ1) is 9.63. The Morgan fingerprint density at radius 1 is 1.14 bits per heavy atom. The molecule has 120 valence electrons. The first-order valence-electron chi connectivity index (χ1n) is 7.03. The molecule has 1 aromatic rings. The highest BCUT2D eigenvalue weighted by molar-refractivity contribution is 7.88. The van der Waals surface area contributed by atoms with Crippen LogP contribution in [0.4, 0.5) is 0 Å². The second-order valence-electron chi connectivity index (χ2n) is 6.50. The van der Waals surface area contributed by atoms with Crippen LogP contribution in [0.3, 0.4) is 0 Å². The molecule has 0 heterocycles. The van der Waals surface area contributed by atoms with E-state index in [0.29, 0.717) is 13.1 Å². The maximum absolute atomic E-state index is 12.1. The molecule has 1 rings (SSSR count). The highest BCUT2D eigenvalue weighted by Gasteiger charge is 2.22. The van der Waals surface area contributed by atoms with Crippen molar-refractivity contribution in [3.63, 3.8) is 0 Å². The lowest BCUT2D eigenvalue weighted by Gasteiger charge is -2.28. The SMILES string of the molecule is CN(C)CC(C)(C)CNS(=O)(=O)Cc1ccc(CN)cc1. The number of hydrogen-bond donors (Lipinski definition) is 2. The van der Waals surface area contributed by atoms with Gasteiger partial charge in [0.15, 0.2) is 0 Å². The molecule has 0 radical (unpaired) electrons. The molecular formula is C15H27N3O2S. The van der Waals surface area contributed by atoms with Gasteiger partial charge in [0.1, 0.15) is 0 Å². The van der Waals surface area contributed by atoms with Gasteiger partial charge in [-0.2, -0.15) is 0 Å². The largest absolute Gasteiger partial charge is 0.326 e. The normalized spacial score (nSPS) is 12.9. The molecule has 1 aromatic carbocycles. The Morgan fingerprint density at radius 2 is 1.67 bits per heavy atom. The fourth-order valence-electron chi connectivity index (χ4n) is 2.26. The lowest BCUT2D eigenvalue weighted by atomic mass is 9.93. The molecule has 0 saturated carbocycles. The molecule has 0 spiro atoms. The summed E-state index contributed by atoms with van der Waals surface area (Å²) in [7, 11) is 0.640. The smallest absolute Gasteiger partial charge is 0.215 e. The molecule has 0 aliphatic rings. The molecule has 0 atom stereocenters. The lowest BCUT2D eigenvalue weighted by molar-refractivity contribution is 0.242. The third kappa shape index (κ3) is 7.04. The average Bonchev–Trinajstić information content (AvgIpc) is 2.36. The topological polar surface area (TPSA) is 75.4 Å². The van der Waals surface area contributed by atoms with E-state index >= 15 is 0 Å². The second-order valence-corrected chi connectivity index (χ2v) is 8.31. The van der Waals surface area contributed by atoms with E-state index in [-0.39, 0.29) is 11.2 Å². The van der Waals surface area contributed by atoms with Crippen molar-refractivity contribution in [1.82, 2.24) is 9.62 Å². The van der Waals surface area contributed by atoms with Gasteiger partial charge in [-0.15, -0.1) is 0 Å². The van der Waals surface area contributed by atoms with E-state index in [2.05, 4.69) is 9.62 Å². The number of sulfonamides is 1. The number of hydrogen-bond acceptors (Lipinski definition) is 4. The van der Waals surface area contributed by atoms with E-state index in [9.17, 15) is 8.42 Å². The number of nitrogens with two attached hydrogens (primary N) is 1. The number of benzene rings is 1. The summed E-state index contributed by atoms with van der Waals surface area (Å²) in [6.07, 6.45) is 0. The van der Waals surface area contributed by atoms with Crippen molar-refractivity contribution in [2.24, 2.45) is 11.1 Å². The zero-order valence-corrected chi connectivity index (χ0v) is 14.2. The van der Waals surface area contributed by atoms with Crippen molar-refractivity contribution in [3.05, 3.63) is 35.4 Å². The minimum absolute atomic E-state index is 0.00407. The Balaban J connectivity index is 2.61. The van der Waals surface area contributed by atoms with Crippen molar-refractivity contribution in [1.29, 1.82) is 0 Å². The summed E-state index contributed by atoms with van der Waals surface area (Å²) in [5.41, 5.74) is 7.18. The minimum atomic E-state index is -3.32. The van der Waals surface area contributed by atoms with E-state index in [1.165, 1.54) is 0 Å². The van der Waals surface area contributed by atoms with E-state index in [4.69, 9.17) is 5.73 Å². The van der Waals surface area contributed by atoms with Gasteiger partial charge in [0, 0.05) is 19.6 Å². The molecule has 0 unspecified atom stereocenters. The third-order valence-electron chi connectivity index (χ3n) is 3.13. The van der Waals surface area contributed by atoms with Gasteiger partial charge in [0.25, 0.3) is 0 Å². The molecule has 21 heavy (non-hydrogen) atoms. The summed E-state index contributed by atoms with van der Waals surface area (Å²) in [4.78, 5) is 2.06. The molecular weight excluding hydrogens is 286 g/mol. The van der Waals surface area contributed by atoms with Crippen molar-refractivity contribution < 1.29 is 8.42 Å². The molecule has 0 bridgehead atoms. The van der Waals surface area contributed by atoms with Crippen molar-refractivity contribution in [2.75, 3.05) is 27.2 Å². The molecule has 0 aromatic heterocycles. The van der Waals surface area contributed by atoms with Gasteiger partial charge in [-0.3, -0.25) is 0 Å². The number of rotatable bonds is 8. The second kappa shape index (κ2) is 7.35. The van der Waals surface area contributed by atoms with Gasteiger partial charge < -0.3 is 10.6 Å². The Bertz CT molecular complexity index is 537. The van der Waals surface area contributed by atoms with Crippen molar-refractivity contribution in [2.45, 2.75) is 26.1 Å². The van der Waals surface area contributed by atoms with Crippen LogP contribution in [-0.2, 0) is 22.3 Å². The van der Waals surface area contributed by atoms with Gasteiger partial charge >= 0.3 is 0 Å². The third-order valence-corrected chi connectivity index (χ3v) is 4.43. The summed E-state index contributed by atoms with van der Waals surface area (Å²) in [6.45, 7) is 5.80. The summed E-state index contributed by atoms with van der Waals surface area (Å²) >= 11 is 0. The van der Waals surface area contributed by atoms with Crippen molar-refractivity contribution in [3.8, 4) is 0 Å². The number of nitrogens with one attached hydrogen (secondary N) is 1. The van der Waals surface area contributed by atoms with Crippen LogP contribution < -0.4 is 10.5 Å². The Labute approximate surface area is 128 Å².